The van der Waals surface area contributed by atoms with E-state index in [4.69, 9.17) is 18.3 Å². The summed E-state index contributed by atoms with van der Waals surface area (Å²) >= 11 is 0. The minimum atomic E-state index is -0.679. The summed E-state index contributed by atoms with van der Waals surface area (Å²) in [6.45, 7) is 0.204. The van der Waals surface area contributed by atoms with E-state index in [0.29, 0.717) is 35.9 Å². The van der Waals surface area contributed by atoms with Gasteiger partial charge in [-0.1, -0.05) is 36.4 Å². The fourth-order valence-corrected chi connectivity index (χ4v) is 3.12. The van der Waals surface area contributed by atoms with Gasteiger partial charge in [-0.2, -0.15) is 0 Å². The minimum Gasteiger partial charge on any atom is -0.493 e. The van der Waals surface area contributed by atoms with E-state index in [1.165, 1.54) is 0 Å². The number of H-pyrrole nitrogens is 1. The summed E-state index contributed by atoms with van der Waals surface area (Å²) in [5.74, 6) is 0.907. The average Bonchev–Trinajstić information content (AvgIpc) is 3.40. The van der Waals surface area contributed by atoms with E-state index in [1.54, 1.807) is 25.5 Å². The zero-order valence-electron chi connectivity index (χ0n) is 17.4. The van der Waals surface area contributed by atoms with Crippen molar-refractivity contribution in [3.63, 3.8) is 0 Å². The second kappa shape index (κ2) is 9.74. The van der Waals surface area contributed by atoms with Gasteiger partial charge >= 0.3 is 5.76 Å². The number of aryl methyl sites for hydroxylation is 2. The lowest BCUT2D eigenvalue weighted by atomic mass is 10.1. The van der Waals surface area contributed by atoms with Crippen LogP contribution in [0.3, 0.4) is 0 Å². The molecule has 4 aromatic rings. The zero-order valence-corrected chi connectivity index (χ0v) is 17.4. The number of hydrogen-bond acceptors (Lipinski definition) is 7. The summed E-state index contributed by atoms with van der Waals surface area (Å²) in [7, 11) is 1.57. The second-order valence-electron chi connectivity index (χ2n) is 6.98. The van der Waals surface area contributed by atoms with Crippen LogP contribution in [0.15, 0.2) is 68.4 Å². The van der Waals surface area contributed by atoms with Gasteiger partial charge in [-0.3, -0.25) is 4.98 Å². The molecule has 2 aromatic carbocycles. The number of benzene rings is 2. The lowest BCUT2D eigenvalue weighted by Crippen LogP contribution is -2.00. The Hall–Kier alpha value is -4.20. The van der Waals surface area contributed by atoms with Crippen molar-refractivity contribution in [1.29, 1.82) is 0 Å². The first-order valence-corrected chi connectivity index (χ1v) is 9.99. The van der Waals surface area contributed by atoms with Crippen LogP contribution >= 0.6 is 0 Å². The van der Waals surface area contributed by atoms with Crippen molar-refractivity contribution in [2.75, 3.05) is 7.11 Å². The first-order chi connectivity index (χ1) is 15.6. The van der Waals surface area contributed by atoms with Gasteiger partial charge in [0, 0.05) is 12.5 Å². The molecule has 0 saturated heterocycles. The molecule has 2 aromatic heterocycles. The molecule has 0 fully saturated rings. The highest BCUT2D eigenvalue weighted by Crippen LogP contribution is 2.29. The number of nitrogens with one attached hydrogen (secondary N) is 1. The Bertz CT molecular complexity index is 1250. The van der Waals surface area contributed by atoms with Gasteiger partial charge in [0.2, 0.25) is 11.8 Å². The summed E-state index contributed by atoms with van der Waals surface area (Å²) in [6.07, 6.45) is 6.17. The van der Waals surface area contributed by atoms with Crippen LogP contribution in [0.25, 0.3) is 12.2 Å². The molecule has 0 saturated carbocycles. The third-order valence-electron chi connectivity index (χ3n) is 4.73. The summed E-state index contributed by atoms with van der Waals surface area (Å²) in [6, 6.07) is 15.4. The monoisotopic (exact) mass is 434 g/mol. The maximum Gasteiger partial charge on any atom is 0.419 e. The smallest absolute Gasteiger partial charge is 0.419 e. The van der Waals surface area contributed by atoms with Crippen LogP contribution in [0.2, 0.25) is 0 Å². The van der Waals surface area contributed by atoms with Gasteiger partial charge in [0.15, 0.2) is 17.3 Å². The summed E-state index contributed by atoms with van der Waals surface area (Å²) in [4.78, 5) is 17.8. The number of nitrogens with zero attached hydrogens (tertiary/aromatic N) is 1. The Morgan fingerprint density at radius 3 is 2.69 bits per heavy atom. The molecule has 0 aliphatic carbocycles. The van der Waals surface area contributed by atoms with Gasteiger partial charge in [-0.25, -0.2) is 9.78 Å². The molecule has 0 aliphatic heterocycles. The largest absolute Gasteiger partial charge is 0.493 e. The number of hydrogen-bond donors (Lipinski definition) is 2. The molecule has 32 heavy (non-hydrogen) atoms. The third-order valence-corrected chi connectivity index (χ3v) is 4.73. The molecule has 0 amide bonds. The van der Waals surface area contributed by atoms with E-state index in [9.17, 15) is 9.90 Å². The highest BCUT2D eigenvalue weighted by molar-refractivity contribution is 5.65. The van der Waals surface area contributed by atoms with Crippen LogP contribution < -0.4 is 15.2 Å². The zero-order chi connectivity index (χ0) is 22.3. The van der Waals surface area contributed by atoms with Crippen LogP contribution in [-0.2, 0) is 19.4 Å². The van der Waals surface area contributed by atoms with Crippen molar-refractivity contribution >= 4 is 12.2 Å². The molecule has 0 spiro atoms. The topological polar surface area (TPSA) is 111 Å². The average molecular weight is 434 g/mol. The standard InChI is InChI=1S/C24H22N2O6/c1-29-19-10-7-17(8-11-20-23(27)26-24(28)32-20)13-21(19)30-14-18-15-31-22(25-18)12-9-16-5-3-2-4-6-16/h2-7,9-10,12-13,15,27H,8,11,14H2,1H3,(H,26,28). The molecular formula is C24H22N2O6. The quantitative estimate of drug-likeness (QED) is 0.406. The molecule has 8 heteroatoms. The Morgan fingerprint density at radius 1 is 1.09 bits per heavy atom. The van der Waals surface area contributed by atoms with Crippen LogP contribution in [0.5, 0.6) is 17.4 Å². The van der Waals surface area contributed by atoms with Crippen molar-refractivity contribution in [2.24, 2.45) is 0 Å². The second-order valence-corrected chi connectivity index (χ2v) is 6.98. The molecular weight excluding hydrogens is 412 g/mol. The first-order valence-electron chi connectivity index (χ1n) is 9.99. The Labute approximate surface area is 183 Å². The number of ether oxygens (including phenoxy) is 2. The van der Waals surface area contributed by atoms with E-state index in [0.717, 1.165) is 11.1 Å². The van der Waals surface area contributed by atoms with E-state index < -0.39 is 5.76 Å². The fourth-order valence-electron chi connectivity index (χ4n) is 3.12. The van der Waals surface area contributed by atoms with Gasteiger partial charge in [0.05, 0.1) is 7.11 Å². The van der Waals surface area contributed by atoms with Crippen LogP contribution in [-0.4, -0.2) is 22.2 Å². The highest BCUT2D eigenvalue weighted by Gasteiger charge is 2.12. The summed E-state index contributed by atoms with van der Waals surface area (Å²) in [5, 5.41) is 9.65. The van der Waals surface area contributed by atoms with E-state index in [2.05, 4.69) is 9.97 Å². The van der Waals surface area contributed by atoms with Crippen molar-refractivity contribution in [3.8, 4) is 17.4 Å². The lowest BCUT2D eigenvalue weighted by Gasteiger charge is -2.11. The molecule has 0 bridgehead atoms. The van der Waals surface area contributed by atoms with Crippen molar-refractivity contribution in [2.45, 2.75) is 19.4 Å². The maximum absolute atomic E-state index is 11.2. The van der Waals surface area contributed by atoms with Gasteiger partial charge in [-0.15, -0.1) is 0 Å². The van der Waals surface area contributed by atoms with Crippen LogP contribution in [0, 0.1) is 0 Å². The maximum atomic E-state index is 11.2. The van der Waals surface area contributed by atoms with Crippen molar-refractivity contribution in [3.05, 3.63) is 93.8 Å². The van der Waals surface area contributed by atoms with Gasteiger partial charge in [-0.05, 0) is 35.8 Å². The molecule has 2 heterocycles. The van der Waals surface area contributed by atoms with Crippen LogP contribution in [0.1, 0.15) is 28.5 Å². The highest BCUT2D eigenvalue weighted by atomic mass is 16.5. The summed E-state index contributed by atoms with van der Waals surface area (Å²) in [5.41, 5.74) is 2.62. The summed E-state index contributed by atoms with van der Waals surface area (Å²) < 4.78 is 21.7. The number of aromatic amines is 1. The third kappa shape index (κ3) is 5.28. The van der Waals surface area contributed by atoms with Gasteiger partial charge < -0.3 is 23.4 Å². The number of oxazole rings is 2. The molecule has 2 N–H and O–H groups in total. The Balaban J connectivity index is 1.39. The molecule has 0 aliphatic rings. The van der Waals surface area contributed by atoms with Crippen LogP contribution in [0.4, 0.5) is 0 Å². The van der Waals surface area contributed by atoms with Gasteiger partial charge in [0.25, 0.3) is 0 Å². The molecule has 0 unspecified atom stereocenters. The van der Waals surface area contributed by atoms with E-state index >= 15 is 0 Å². The molecule has 0 radical (unpaired) electrons. The van der Waals surface area contributed by atoms with E-state index in [1.807, 2.05) is 48.5 Å². The predicted molar refractivity (Wildman–Crippen MR) is 118 cm³/mol. The number of aromatic hydroxyl groups is 1. The number of rotatable bonds is 9. The Kier molecular flexibility index (Phi) is 6.41. The predicted octanol–water partition coefficient (Wildman–Crippen LogP) is 4.20. The minimum absolute atomic E-state index is 0.204. The fraction of sp³-hybridized carbons (Fsp3) is 0.167. The molecule has 164 valence electrons. The normalized spacial score (nSPS) is 11.2. The molecule has 4 rings (SSSR count). The molecule has 0 atom stereocenters. The lowest BCUT2D eigenvalue weighted by molar-refractivity contribution is 0.280. The van der Waals surface area contributed by atoms with E-state index in [-0.39, 0.29) is 18.2 Å². The van der Waals surface area contributed by atoms with Crippen molar-refractivity contribution in [1.82, 2.24) is 9.97 Å². The first kappa shape index (κ1) is 21.0. The Morgan fingerprint density at radius 2 is 1.94 bits per heavy atom. The molecule has 8 nitrogen and oxygen atoms in total. The SMILES string of the molecule is COc1ccc(CCc2oc(=O)[nH]c2O)cc1OCc1coc(C=Cc2ccccc2)n1. The number of aromatic nitrogens is 2. The van der Waals surface area contributed by atoms with Crippen molar-refractivity contribution < 1.29 is 23.4 Å². The van der Waals surface area contributed by atoms with Gasteiger partial charge in [0.1, 0.15) is 18.6 Å². The number of methoxy groups -OCH3 is 1.